The highest BCUT2D eigenvalue weighted by Gasteiger charge is 2.27. The number of carbonyl (C=O) groups excluding carboxylic acids is 2. The van der Waals surface area contributed by atoms with Crippen LogP contribution in [0.1, 0.15) is 30.0 Å². The molecular formula is C22H26ClN3O2. The summed E-state index contributed by atoms with van der Waals surface area (Å²) in [5.74, 6) is -0.146. The van der Waals surface area contributed by atoms with Crippen LogP contribution < -0.4 is 5.32 Å². The van der Waals surface area contributed by atoms with Crippen LogP contribution in [0.5, 0.6) is 0 Å². The van der Waals surface area contributed by atoms with Crippen molar-refractivity contribution in [1.29, 1.82) is 0 Å². The van der Waals surface area contributed by atoms with Crippen LogP contribution >= 0.6 is 11.6 Å². The number of fused-ring (bicyclic) bond motifs is 1. The third-order valence-electron chi connectivity index (χ3n) is 5.15. The van der Waals surface area contributed by atoms with E-state index in [1.807, 2.05) is 18.0 Å². The van der Waals surface area contributed by atoms with Gasteiger partial charge in [0.2, 0.25) is 11.8 Å². The fourth-order valence-corrected chi connectivity index (χ4v) is 3.81. The van der Waals surface area contributed by atoms with Gasteiger partial charge in [0, 0.05) is 17.8 Å². The van der Waals surface area contributed by atoms with Crippen LogP contribution in [0, 0.1) is 0 Å². The lowest BCUT2D eigenvalue weighted by molar-refractivity contribution is -0.133. The van der Waals surface area contributed by atoms with Crippen LogP contribution in [0.25, 0.3) is 0 Å². The van der Waals surface area contributed by atoms with Gasteiger partial charge in [-0.25, -0.2) is 0 Å². The van der Waals surface area contributed by atoms with Gasteiger partial charge in [-0.05, 0) is 61.7 Å². The highest BCUT2D eigenvalue weighted by Crippen LogP contribution is 2.33. The molecule has 3 rings (SSSR count). The summed E-state index contributed by atoms with van der Waals surface area (Å²) in [5, 5.41) is 3.43. The van der Waals surface area contributed by atoms with Gasteiger partial charge in [-0.1, -0.05) is 35.9 Å². The average Bonchev–Trinajstić information content (AvgIpc) is 2.68. The number of hydrogen-bond donors (Lipinski definition) is 1. The van der Waals surface area contributed by atoms with Gasteiger partial charge in [-0.2, -0.15) is 0 Å². The second kappa shape index (κ2) is 9.22. The Bertz CT molecular complexity index is 838. The van der Waals surface area contributed by atoms with Crippen molar-refractivity contribution in [3.8, 4) is 0 Å². The van der Waals surface area contributed by atoms with Gasteiger partial charge >= 0.3 is 0 Å². The molecule has 1 N–H and O–H groups in total. The number of nitrogens with one attached hydrogen (secondary N) is 1. The maximum Gasteiger partial charge on any atom is 0.238 e. The number of rotatable bonds is 6. The van der Waals surface area contributed by atoms with Crippen molar-refractivity contribution in [1.82, 2.24) is 9.80 Å². The Morgan fingerprint density at radius 1 is 1.07 bits per heavy atom. The number of carbonyl (C=O) groups is 2. The van der Waals surface area contributed by atoms with Crippen LogP contribution in [0.2, 0.25) is 5.02 Å². The van der Waals surface area contributed by atoms with Crippen molar-refractivity contribution in [2.45, 2.75) is 25.3 Å². The molecule has 0 spiro atoms. The number of hydrogen-bond acceptors (Lipinski definition) is 3. The highest BCUT2D eigenvalue weighted by molar-refractivity contribution is 6.30. The van der Waals surface area contributed by atoms with E-state index in [1.165, 1.54) is 11.1 Å². The van der Waals surface area contributed by atoms with Gasteiger partial charge < -0.3 is 10.2 Å². The number of benzene rings is 2. The molecule has 1 atom stereocenters. The fourth-order valence-electron chi connectivity index (χ4n) is 3.68. The Kier molecular flexibility index (Phi) is 6.70. The number of aryl methyl sites for hydroxylation is 1. The van der Waals surface area contributed by atoms with E-state index >= 15 is 0 Å². The Morgan fingerprint density at radius 2 is 1.79 bits per heavy atom. The fraction of sp³-hybridized carbons (Fsp3) is 0.364. The lowest BCUT2D eigenvalue weighted by Crippen LogP contribution is -2.41. The monoisotopic (exact) mass is 399 g/mol. The maximum atomic E-state index is 12.8. The molecule has 5 nitrogen and oxygen atoms in total. The molecule has 0 radical (unpaired) electrons. The van der Waals surface area contributed by atoms with Crippen LogP contribution in [-0.4, -0.2) is 48.8 Å². The molecule has 28 heavy (non-hydrogen) atoms. The Hall–Kier alpha value is -2.37. The van der Waals surface area contributed by atoms with E-state index in [-0.39, 0.29) is 30.9 Å². The summed E-state index contributed by atoms with van der Waals surface area (Å²) in [6, 6.07) is 15.4. The third kappa shape index (κ3) is 5.12. The van der Waals surface area contributed by atoms with Crippen molar-refractivity contribution in [2.24, 2.45) is 0 Å². The molecule has 2 aromatic carbocycles. The summed E-state index contributed by atoms with van der Waals surface area (Å²) < 4.78 is 0. The number of nitrogens with zero attached hydrogens (tertiary/aromatic N) is 2. The first-order chi connectivity index (χ1) is 13.4. The quantitative estimate of drug-likeness (QED) is 0.804. The van der Waals surface area contributed by atoms with Crippen molar-refractivity contribution < 1.29 is 9.59 Å². The Balaban J connectivity index is 1.54. The third-order valence-corrected chi connectivity index (χ3v) is 5.40. The molecule has 0 aromatic heterocycles. The molecule has 0 bridgehead atoms. The largest absolute Gasteiger partial charge is 0.338 e. The standard InChI is InChI=1S/C22H26ClN3O2/c1-25(14-21(27)24-18-12-10-17(23)11-13-18)15-22(28)26(2)20-9-5-7-16-6-3-4-8-19(16)20/h3-4,6,8,10-13,20H,5,7,9,14-15H2,1-2H3,(H,24,27)/t20-/m0/s1. The zero-order chi connectivity index (χ0) is 20.1. The predicted octanol–water partition coefficient (Wildman–Crippen LogP) is 3.75. The number of likely N-dealkylation sites (N-methyl/N-ethyl adjacent to an activating group) is 2. The van der Waals surface area contributed by atoms with E-state index in [0.717, 1.165) is 19.3 Å². The maximum absolute atomic E-state index is 12.8. The van der Waals surface area contributed by atoms with E-state index in [9.17, 15) is 9.59 Å². The molecule has 0 saturated heterocycles. The van der Waals surface area contributed by atoms with Crippen LogP contribution in [0.15, 0.2) is 48.5 Å². The highest BCUT2D eigenvalue weighted by atomic mass is 35.5. The van der Waals surface area contributed by atoms with E-state index in [4.69, 9.17) is 11.6 Å². The molecule has 2 aromatic rings. The van der Waals surface area contributed by atoms with E-state index in [0.29, 0.717) is 10.7 Å². The van der Waals surface area contributed by atoms with Gasteiger partial charge in [0.25, 0.3) is 0 Å². The molecule has 0 fully saturated rings. The molecule has 0 saturated carbocycles. The molecule has 1 aliphatic carbocycles. The Labute approximate surface area is 171 Å². The van der Waals surface area contributed by atoms with Crippen LogP contribution in [0.3, 0.4) is 0 Å². The zero-order valence-electron chi connectivity index (χ0n) is 16.3. The molecule has 0 aliphatic heterocycles. The summed E-state index contributed by atoms with van der Waals surface area (Å²) in [6.07, 6.45) is 3.12. The van der Waals surface area contributed by atoms with E-state index in [1.54, 1.807) is 36.2 Å². The minimum atomic E-state index is -0.164. The molecule has 1 aliphatic rings. The van der Waals surface area contributed by atoms with Crippen molar-refractivity contribution in [3.63, 3.8) is 0 Å². The summed E-state index contributed by atoms with van der Waals surface area (Å²) in [6.45, 7) is 0.340. The van der Waals surface area contributed by atoms with Gasteiger partial charge in [0.1, 0.15) is 0 Å². The lowest BCUT2D eigenvalue weighted by Gasteiger charge is -2.34. The van der Waals surface area contributed by atoms with E-state index in [2.05, 4.69) is 23.5 Å². The summed E-state index contributed by atoms with van der Waals surface area (Å²) in [4.78, 5) is 28.6. The summed E-state index contributed by atoms with van der Waals surface area (Å²) in [5.41, 5.74) is 3.26. The molecule has 148 valence electrons. The van der Waals surface area contributed by atoms with Gasteiger partial charge in [-0.15, -0.1) is 0 Å². The molecule has 6 heteroatoms. The molecular weight excluding hydrogens is 374 g/mol. The van der Waals surface area contributed by atoms with Gasteiger partial charge in [0.05, 0.1) is 19.1 Å². The van der Waals surface area contributed by atoms with Gasteiger partial charge in [-0.3, -0.25) is 14.5 Å². The average molecular weight is 400 g/mol. The minimum absolute atomic E-state index is 0.0171. The van der Waals surface area contributed by atoms with Gasteiger partial charge in [0.15, 0.2) is 0 Å². The first kappa shape index (κ1) is 20.4. The number of amides is 2. The SMILES string of the molecule is CN(CC(=O)Nc1ccc(Cl)cc1)CC(=O)N(C)[C@H]1CCCc2ccccc21. The molecule has 0 unspecified atom stereocenters. The lowest BCUT2D eigenvalue weighted by atomic mass is 9.87. The second-order valence-corrected chi connectivity index (χ2v) is 7.78. The first-order valence-electron chi connectivity index (χ1n) is 9.51. The molecule has 2 amide bonds. The van der Waals surface area contributed by atoms with Crippen molar-refractivity contribution in [3.05, 3.63) is 64.7 Å². The van der Waals surface area contributed by atoms with Crippen molar-refractivity contribution >= 4 is 29.1 Å². The number of anilines is 1. The topological polar surface area (TPSA) is 52.7 Å². The minimum Gasteiger partial charge on any atom is -0.338 e. The first-order valence-corrected chi connectivity index (χ1v) is 9.89. The predicted molar refractivity (Wildman–Crippen MR) is 112 cm³/mol. The summed E-state index contributed by atoms with van der Waals surface area (Å²) in [7, 11) is 3.64. The van der Waals surface area contributed by atoms with Crippen LogP contribution in [0.4, 0.5) is 5.69 Å². The second-order valence-electron chi connectivity index (χ2n) is 7.34. The van der Waals surface area contributed by atoms with E-state index < -0.39 is 0 Å². The smallest absolute Gasteiger partial charge is 0.238 e. The Morgan fingerprint density at radius 3 is 2.54 bits per heavy atom. The number of halogens is 1. The van der Waals surface area contributed by atoms with Crippen molar-refractivity contribution in [2.75, 3.05) is 32.5 Å². The zero-order valence-corrected chi connectivity index (χ0v) is 17.1. The normalized spacial score (nSPS) is 15.8. The summed E-state index contributed by atoms with van der Waals surface area (Å²) >= 11 is 5.85. The van der Waals surface area contributed by atoms with Crippen LogP contribution in [-0.2, 0) is 16.0 Å². The molecule has 0 heterocycles.